The first kappa shape index (κ1) is 20.8. The van der Waals surface area contributed by atoms with Crippen LogP contribution in [0.4, 0.5) is 0 Å². The van der Waals surface area contributed by atoms with Crippen molar-refractivity contribution in [3.8, 4) is 0 Å². The minimum Gasteiger partial charge on any atom is -0.357 e. The molecule has 0 spiro atoms. The highest BCUT2D eigenvalue weighted by atomic mass is 32.2. The Labute approximate surface area is 172 Å². The van der Waals surface area contributed by atoms with Crippen molar-refractivity contribution >= 4 is 26.6 Å². The number of nitrogens with zero attached hydrogens (tertiary/aromatic N) is 2. The quantitative estimate of drug-likeness (QED) is 0.482. The number of sulfone groups is 1. The summed E-state index contributed by atoms with van der Waals surface area (Å²) in [5.74, 6) is 0.687. The molecule has 152 valence electrons. The molecular weight excluding hydrogens is 384 g/mol. The summed E-state index contributed by atoms with van der Waals surface area (Å²) in [5, 5.41) is 8.84. The second kappa shape index (κ2) is 9.05. The topological polar surface area (TPSA) is 83.5 Å². The molecule has 0 aliphatic heterocycles. The van der Waals surface area contributed by atoms with Crippen molar-refractivity contribution in [3.05, 3.63) is 71.5 Å². The van der Waals surface area contributed by atoms with E-state index >= 15 is 0 Å². The third-order valence-corrected chi connectivity index (χ3v) is 5.84. The third kappa shape index (κ3) is 5.32. The number of fused-ring (bicyclic) bond motifs is 1. The van der Waals surface area contributed by atoms with Gasteiger partial charge in [0.05, 0.1) is 23.7 Å². The van der Waals surface area contributed by atoms with Gasteiger partial charge in [-0.25, -0.2) is 13.4 Å². The largest absolute Gasteiger partial charge is 0.357 e. The molecule has 29 heavy (non-hydrogen) atoms. The fourth-order valence-corrected chi connectivity index (χ4v) is 4.19. The lowest BCUT2D eigenvalue weighted by Crippen LogP contribution is -2.37. The predicted molar refractivity (Wildman–Crippen MR) is 118 cm³/mol. The number of nitrogens with one attached hydrogen (secondary N) is 2. The van der Waals surface area contributed by atoms with Gasteiger partial charge in [-0.2, -0.15) is 0 Å². The summed E-state index contributed by atoms with van der Waals surface area (Å²) in [4.78, 5) is 9.49. The Hall–Kier alpha value is -2.93. The molecule has 6 nitrogen and oxygen atoms in total. The second-order valence-corrected chi connectivity index (χ2v) is 8.88. The summed E-state index contributed by atoms with van der Waals surface area (Å²) in [7, 11) is -3.21. The molecule has 7 heteroatoms. The number of guanidine groups is 1. The zero-order valence-electron chi connectivity index (χ0n) is 16.9. The van der Waals surface area contributed by atoms with Crippen LogP contribution in [0.2, 0.25) is 0 Å². The molecule has 3 aromatic rings. The molecule has 0 amide bonds. The minimum atomic E-state index is -3.21. The number of hydrogen-bond donors (Lipinski definition) is 2. The van der Waals surface area contributed by atoms with E-state index in [0.717, 1.165) is 34.1 Å². The van der Waals surface area contributed by atoms with Crippen LogP contribution in [0.1, 0.15) is 23.7 Å². The van der Waals surface area contributed by atoms with E-state index in [1.54, 1.807) is 13.0 Å². The summed E-state index contributed by atoms with van der Waals surface area (Å²) in [5.41, 5.74) is 2.65. The van der Waals surface area contributed by atoms with Crippen LogP contribution in [0.25, 0.3) is 10.8 Å². The van der Waals surface area contributed by atoms with Gasteiger partial charge in [-0.05, 0) is 42.5 Å². The lowest BCUT2D eigenvalue weighted by molar-refractivity contribution is 0.601. The van der Waals surface area contributed by atoms with Gasteiger partial charge in [0.25, 0.3) is 0 Å². The van der Waals surface area contributed by atoms with E-state index in [1.807, 2.05) is 43.5 Å². The second-order valence-electron chi connectivity index (χ2n) is 6.90. The monoisotopic (exact) mass is 410 g/mol. The van der Waals surface area contributed by atoms with Gasteiger partial charge in [0.1, 0.15) is 0 Å². The van der Waals surface area contributed by atoms with Crippen LogP contribution in [0.15, 0.2) is 64.6 Å². The molecule has 0 atom stereocenters. The summed E-state index contributed by atoms with van der Waals surface area (Å²) in [6.45, 7) is 5.56. The first-order chi connectivity index (χ1) is 13.9. The third-order valence-electron chi connectivity index (χ3n) is 4.58. The Morgan fingerprint density at radius 1 is 1.10 bits per heavy atom. The highest BCUT2D eigenvalue weighted by molar-refractivity contribution is 7.90. The first-order valence-corrected chi connectivity index (χ1v) is 11.4. The maximum absolute atomic E-state index is 11.8. The molecule has 1 aromatic heterocycles. The van der Waals surface area contributed by atoms with E-state index in [2.05, 4.69) is 32.7 Å². The van der Waals surface area contributed by atoms with Gasteiger partial charge in [0.2, 0.25) is 0 Å². The molecular formula is C22H26N4O2S. The number of pyridine rings is 1. The van der Waals surface area contributed by atoms with Crippen molar-refractivity contribution in [2.45, 2.75) is 31.8 Å². The maximum Gasteiger partial charge on any atom is 0.191 e. The zero-order valence-corrected chi connectivity index (χ0v) is 17.8. The lowest BCUT2D eigenvalue weighted by Gasteiger charge is -2.12. The van der Waals surface area contributed by atoms with E-state index in [0.29, 0.717) is 23.9 Å². The molecule has 0 unspecified atom stereocenters. The smallest absolute Gasteiger partial charge is 0.191 e. The summed E-state index contributed by atoms with van der Waals surface area (Å²) in [6, 6.07) is 15.5. The van der Waals surface area contributed by atoms with E-state index in [9.17, 15) is 8.42 Å². The molecule has 0 radical (unpaired) electrons. The zero-order chi connectivity index (χ0) is 20.9. The van der Waals surface area contributed by atoms with Crippen molar-refractivity contribution in [1.29, 1.82) is 0 Å². The SMILES string of the molecule is CCNC(=NCc1ccc(S(C)(=O)=O)c(C)c1)NCc1nccc2ccccc12. The number of benzene rings is 2. The number of aromatic nitrogens is 1. The van der Waals surface area contributed by atoms with Crippen LogP contribution in [0.5, 0.6) is 0 Å². The normalized spacial score (nSPS) is 12.2. The van der Waals surface area contributed by atoms with Crippen molar-refractivity contribution < 1.29 is 8.42 Å². The highest BCUT2D eigenvalue weighted by Gasteiger charge is 2.11. The fourth-order valence-electron chi connectivity index (χ4n) is 3.23. The minimum absolute atomic E-state index is 0.359. The molecule has 3 rings (SSSR count). The number of aliphatic imine (C=N–C) groups is 1. The van der Waals surface area contributed by atoms with Crippen molar-refractivity contribution in [2.75, 3.05) is 12.8 Å². The standard InChI is InChI=1S/C22H26N4O2S/c1-4-23-22(25-14-17-9-10-21(16(2)13-17)29(3,27)28)26-15-20-19-8-6-5-7-18(19)11-12-24-20/h5-13H,4,14-15H2,1-3H3,(H2,23,25,26). The first-order valence-electron chi connectivity index (χ1n) is 9.53. The van der Waals surface area contributed by atoms with Crippen LogP contribution in [-0.4, -0.2) is 32.2 Å². The molecule has 0 saturated carbocycles. The molecule has 0 aliphatic carbocycles. The van der Waals surface area contributed by atoms with Gasteiger partial charge < -0.3 is 10.6 Å². The van der Waals surface area contributed by atoms with Crippen molar-refractivity contribution in [1.82, 2.24) is 15.6 Å². The van der Waals surface area contributed by atoms with E-state index in [4.69, 9.17) is 0 Å². The maximum atomic E-state index is 11.8. The van der Waals surface area contributed by atoms with Crippen LogP contribution in [0, 0.1) is 6.92 Å². The van der Waals surface area contributed by atoms with Crippen molar-refractivity contribution in [2.24, 2.45) is 4.99 Å². The van der Waals surface area contributed by atoms with E-state index < -0.39 is 9.84 Å². The molecule has 2 N–H and O–H groups in total. The molecule has 2 aromatic carbocycles. The lowest BCUT2D eigenvalue weighted by atomic mass is 10.1. The highest BCUT2D eigenvalue weighted by Crippen LogP contribution is 2.18. The molecule has 0 aliphatic rings. The summed E-state index contributed by atoms with van der Waals surface area (Å²) >= 11 is 0. The number of hydrogen-bond acceptors (Lipinski definition) is 4. The average molecular weight is 411 g/mol. The predicted octanol–water partition coefficient (Wildman–Crippen LogP) is 3.20. The fraction of sp³-hybridized carbons (Fsp3) is 0.273. The van der Waals surface area contributed by atoms with Gasteiger partial charge in [-0.15, -0.1) is 0 Å². The Bertz CT molecular complexity index is 1140. The van der Waals surface area contributed by atoms with Crippen LogP contribution in [0.3, 0.4) is 0 Å². The molecule has 0 saturated heterocycles. The van der Waals surface area contributed by atoms with Gasteiger partial charge in [-0.3, -0.25) is 4.98 Å². The molecule has 0 fully saturated rings. The Kier molecular flexibility index (Phi) is 6.49. The van der Waals surface area contributed by atoms with Crippen LogP contribution < -0.4 is 10.6 Å². The average Bonchev–Trinajstić information content (AvgIpc) is 2.69. The van der Waals surface area contributed by atoms with Crippen molar-refractivity contribution in [3.63, 3.8) is 0 Å². The number of rotatable bonds is 6. The van der Waals surface area contributed by atoms with Gasteiger partial charge in [0, 0.05) is 24.4 Å². The van der Waals surface area contributed by atoms with Gasteiger partial charge >= 0.3 is 0 Å². The molecule has 1 heterocycles. The number of aryl methyl sites for hydroxylation is 1. The van der Waals surface area contributed by atoms with Crippen LogP contribution in [-0.2, 0) is 22.9 Å². The van der Waals surface area contributed by atoms with E-state index in [-0.39, 0.29) is 0 Å². The Balaban J connectivity index is 1.74. The van der Waals surface area contributed by atoms with Crippen LogP contribution >= 0.6 is 0 Å². The Morgan fingerprint density at radius 3 is 2.62 bits per heavy atom. The Morgan fingerprint density at radius 2 is 1.90 bits per heavy atom. The summed E-state index contributed by atoms with van der Waals surface area (Å²) in [6.07, 6.45) is 3.04. The summed E-state index contributed by atoms with van der Waals surface area (Å²) < 4.78 is 23.6. The molecule has 0 bridgehead atoms. The van der Waals surface area contributed by atoms with E-state index in [1.165, 1.54) is 6.26 Å². The van der Waals surface area contributed by atoms with Gasteiger partial charge in [-0.1, -0.05) is 36.4 Å². The van der Waals surface area contributed by atoms with Gasteiger partial charge in [0.15, 0.2) is 15.8 Å².